The molecular weight excluding hydrogens is 206 g/mol. The minimum absolute atomic E-state index is 0.217. The number of hydrogen-bond donors (Lipinski definition) is 1. The van der Waals surface area contributed by atoms with Crippen LogP contribution in [0.15, 0.2) is 41.3 Å². The van der Waals surface area contributed by atoms with Crippen LogP contribution < -0.4 is 16.2 Å². The fraction of sp³-hybridized carbons (Fsp3) is 0.0909. The van der Waals surface area contributed by atoms with Gasteiger partial charge in [0.1, 0.15) is 11.6 Å². The molecule has 1 aromatic heterocycles. The number of anilines is 1. The molecule has 0 unspecified atom stereocenters. The molecule has 0 aliphatic rings. The summed E-state index contributed by atoms with van der Waals surface area (Å²) < 4.78 is 6.44. The molecule has 2 aromatic rings. The Morgan fingerprint density at radius 3 is 2.50 bits per heavy atom. The van der Waals surface area contributed by atoms with Crippen LogP contribution in [0.3, 0.4) is 0 Å². The number of aromatic nitrogens is 2. The Labute approximate surface area is 92.1 Å². The summed E-state index contributed by atoms with van der Waals surface area (Å²) in [5.41, 5.74) is 5.73. The lowest BCUT2D eigenvalue weighted by Gasteiger charge is -2.05. The van der Waals surface area contributed by atoms with Crippen LogP contribution >= 0.6 is 0 Å². The molecule has 0 bridgehead atoms. The topological polar surface area (TPSA) is 70.1 Å². The van der Waals surface area contributed by atoms with Crippen LogP contribution in [0.2, 0.25) is 0 Å². The van der Waals surface area contributed by atoms with Gasteiger partial charge in [0.05, 0.1) is 12.8 Å². The summed E-state index contributed by atoms with van der Waals surface area (Å²) in [5.74, 6) is 0.954. The Morgan fingerprint density at radius 1 is 1.25 bits per heavy atom. The summed E-state index contributed by atoms with van der Waals surface area (Å²) in [6.45, 7) is 0. The second kappa shape index (κ2) is 4.06. The Balaban J connectivity index is 2.46. The maximum absolute atomic E-state index is 11.5. The van der Waals surface area contributed by atoms with Crippen molar-refractivity contribution in [1.82, 2.24) is 9.55 Å². The van der Waals surface area contributed by atoms with E-state index in [9.17, 15) is 4.79 Å². The largest absolute Gasteiger partial charge is 0.497 e. The summed E-state index contributed by atoms with van der Waals surface area (Å²) in [4.78, 5) is 15.2. The highest BCUT2D eigenvalue weighted by Gasteiger charge is 2.00. The molecule has 0 atom stereocenters. The lowest BCUT2D eigenvalue weighted by atomic mass is 10.3. The predicted molar refractivity (Wildman–Crippen MR) is 60.8 cm³/mol. The Hall–Kier alpha value is -2.30. The van der Waals surface area contributed by atoms with Gasteiger partial charge in [0.25, 0.3) is 0 Å². The standard InChI is InChI=1S/C11H11N3O2/c1-16-9-4-2-8(3-5-9)14-7-6-10(12)13-11(14)15/h2-7H,1H3,(H2,12,13,15). The second-order valence-electron chi connectivity index (χ2n) is 3.20. The first kappa shape index (κ1) is 10.2. The first-order chi connectivity index (χ1) is 7.70. The minimum Gasteiger partial charge on any atom is -0.497 e. The molecule has 0 amide bonds. The van der Waals surface area contributed by atoms with Gasteiger partial charge in [-0.15, -0.1) is 0 Å². The van der Waals surface area contributed by atoms with E-state index in [1.54, 1.807) is 43.6 Å². The molecule has 0 saturated heterocycles. The fourth-order valence-corrected chi connectivity index (χ4v) is 1.36. The molecule has 0 spiro atoms. The molecule has 0 radical (unpaired) electrons. The van der Waals surface area contributed by atoms with Crippen molar-refractivity contribution >= 4 is 5.82 Å². The maximum atomic E-state index is 11.5. The van der Waals surface area contributed by atoms with E-state index in [-0.39, 0.29) is 5.82 Å². The van der Waals surface area contributed by atoms with Crippen molar-refractivity contribution in [3.8, 4) is 11.4 Å². The lowest BCUT2D eigenvalue weighted by molar-refractivity contribution is 0.414. The summed E-state index contributed by atoms with van der Waals surface area (Å²) in [6.07, 6.45) is 1.59. The average Bonchev–Trinajstić information content (AvgIpc) is 2.29. The number of nitrogens with zero attached hydrogens (tertiary/aromatic N) is 2. The van der Waals surface area contributed by atoms with Gasteiger partial charge in [-0.25, -0.2) is 4.79 Å². The van der Waals surface area contributed by atoms with E-state index in [1.165, 1.54) is 4.57 Å². The average molecular weight is 217 g/mol. The molecule has 16 heavy (non-hydrogen) atoms. The zero-order chi connectivity index (χ0) is 11.5. The van der Waals surface area contributed by atoms with Gasteiger partial charge in [-0.05, 0) is 30.3 Å². The van der Waals surface area contributed by atoms with Gasteiger partial charge in [0, 0.05) is 6.20 Å². The van der Waals surface area contributed by atoms with Gasteiger partial charge in [0.2, 0.25) is 0 Å². The van der Waals surface area contributed by atoms with Gasteiger partial charge in [-0.3, -0.25) is 4.57 Å². The summed E-state index contributed by atoms with van der Waals surface area (Å²) in [7, 11) is 1.59. The van der Waals surface area contributed by atoms with Crippen LogP contribution in [-0.2, 0) is 0 Å². The highest BCUT2D eigenvalue weighted by atomic mass is 16.5. The quantitative estimate of drug-likeness (QED) is 0.808. The second-order valence-corrected chi connectivity index (χ2v) is 3.20. The van der Waals surface area contributed by atoms with Crippen LogP contribution in [0.25, 0.3) is 5.69 Å². The summed E-state index contributed by atoms with van der Waals surface area (Å²) in [5, 5.41) is 0. The van der Waals surface area contributed by atoms with E-state index in [0.717, 1.165) is 11.4 Å². The molecule has 0 aliphatic heterocycles. The lowest BCUT2D eigenvalue weighted by Crippen LogP contribution is -2.21. The first-order valence-corrected chi connectivity index (χ1v) is 4.70. The van der Waals surface area contributed by atoms with Crippen molar-refractivity contribution in [2.24, 2.45) is 0 Å². The third-order valence-electron chi connectivity index (χ3n) is 2.18. The van der Waals surface area contributed by atoms with E-state index in [4.69, 9.17) is 10.5 Å². The predicted octanol–water partition coefficient (Wildman–Crippen LogP) is 0.823. The molecule has 5 nitrogen and oxygen atoms in total. The number of ether oxygens (including phenoxy) is 1. The van der Waals surface area contributed by atoms with Crippen LogP contribution in [0.1, 0.15) is 0 Å². The highest BCUT2D eigenvalue weighted by molar-refractivity contribution is 5.38. The van der Waals surface area contributed by atoms with E-state index < -0.39 is 5.69 Å². The van der Waals surface area contributed by atoms with Gasteiger partial charge < -0.3 is 10.5 Å². The normalized spacial score (nSPS) is 10.1. The van der Waals surface area contributed by atoms with Crippen LogP contribution in [-0.4, -0.2) is 16.7 Å². The van der Waals surface area contributed by atoms with Crippen molar-refractivity contribution in [2.75, 3.05) is 12.8 Å². The van der Waals surface area contributed by atoms with Crippen LogP contribution in [0.4, 0.5) is 5.82 Å². The Bertz CT molecular complexity index is 546. The van der Waals surface area contributed by atoms with Crippen molar-refractivity contribution in [3.63, 3.8) is 0 Å². The molecule has 1 heterocycles. The summed E-state index contributed by atoms with van der Waals surface area (Å²) in [6, 6.07) is 8.68. The van der Waals surface area contributed by atoms with Crippen LogP contribution in [0.5, 0.6) is 5.75 Å². The number of methoxy groups -OCH3 is 1. The molecule has 82 valence electrons. The Kier molecular flexibility index (Phi) is 2.59. The van der Waals surface area contributed by atoms with Crippen molar-refractivity contribution in [3.05, 3.63) is 47.0 Å². The van der Waals surface area contributed by atoms with Gasteiger partial charge in [-0.2, -0.15) is 4.98 Å². The third kappa shape index (κ3) is 1.88. The van der Waals surface area contributed by atoms with Gasteiger partial charge >= 0.3 is 5.69 Å². The minimum atomic E-state index is -0.398. The zero-order valence-corrected chi connectivity index (χ0v) is 8.75. The van der Waals surface area contributed by atoms with E-state index in [2.05, 4.69) is 4.98 Å². The molecule has 2 rings (SSSR count). The first-order valence-electron chi connectivity index (χ1n) is 4.70. The number of benzene rings is 1. The fourth-order valence-electron chi connectivity index (χ4n) is 1.36. The molecule has 0 saturated carbocycles. The van der Waals surface area contributed by atoms with Crippen molar-refractivity contribution in [1.29, 1.82) is 0 Å². The SMILES string of the molecule is COc1ccc(-n2ccc(N)nc2=O)cc1. The van der Waals surface area contributed by atoms with E-state index >= 15 is 0 Å². The monoisotopic (exact) mass is 217 g/mol. The number of hydrogen-bond acceptors (Lipinski definition) is 4. The van der Waals surface area contributed by atoms with Gasteiger partial charge in [-0.1, -0.05) is 0 Å². The molecule has 1 aromatic carbocycles. The van der Waals surface area contributed by atoms with Crippen LogP contribution in [0, 0.1) is 0 Å². The Morgan fingerprint density at radius 2 is 1.94 bits per heavy atom. The van der Waals surface area contributed by atoms with E-state index in [1.807, 2.05) is 0 Å². The smallest absolute Gasteiger partial charge is 0.354 e. The van der Waals surface area contributed by atoms with Crippen molar-refractivity contribution < 1.29 is 4.74 Å². The summed E-state index contributed by atoms with van der Waals surface area (Å²) >= 11 is 0. The number of nitrogen functional groups attached to an aromatic ring is 1. The molecule has 0 fully saturated rings. The number of rotatable bonds is 2. The van der Waals surface area contributed by atoms with Gasteiger partial charge in [0.15, 0.2) is 0 Å². The van der Waals surface area contributed by atoms with E-state index in [0.29, 0.717) is 0 Å². The number of nitrogens with two attached hydrogens (primary N) is 1. The van der Waals surface area contributed by atoms with Crippen molar-refractivity contribution in [2.45, 2.75) is 0 Å². The molecule has 5 heteroatoms. The highest BCUT2D eigenvalue weighted by Crippen LogP contribution is 2.13. The third-order valence-corrected chi connectivity index (χ3v) is 2.18. The molecular formula is C11H11N3O2. The molecule has 2 N–H and O–H groups in total. The zero-order valence-electron chi connectivity index (χ0n) is 8.75. The molecule has 0 aliphatic carbocycles. The maximum Gasteiger partial charge on any atom is 0.354 e.